The van der Waals surface area contributed by atoms with Gasteiger partial charge in [-0.25, -0.2) is 4.79 Å². The second-order valence-electron chi connectivity index (χ2n) is 10.2. The number of piperidine rings is 1. The number of amides is 1. The average molecular weight is 466 g/mol. The molecule has 1 aliphatic carbocycles. The lowest BCUT2D eigenvalue weighted by Gasteiger charge is -2.43. The third-order valence-electron chi connectivity index (χ3n) is 6.89. The molecule has 8 nitrogen and oxygen atoms in total. The SMILES string of the molecule is CC(C)(C)[S+]([O-])N[C@@H]1c2cc(CO[C@@H]3CCCCO3)cnc2CC12CCN(C(=O)O)CC2. The Morgan fingerprint density at radius 3 is 2.78 bits per heavy atom. The molecule has 2 saturated heterocycles. The summed E-state index contributed by atoms with van der Waals surface area (Å²) >= 11 is -1.25. The van der Waals surface area contributed by atoms with E-state index in [1.807, 2.05) is 27.0 Å². The number of aromatic nitrogens is 1. The van der Waals surface area contributed by atoms with Gasteiger partial charge in [-0.3, -0.25) is 4.98 Å². The van der Waals surface area contributed by atoms with Crippen LogP contribution >= 0.6 is 0 Å². The number of nitrogens with zero attached hydrogens (tertiary/aromatic N) is 2. The molecule has 1 aromatic rings. The van der Waals surface area contributed by atoms with Crippen LogP contribution in [0.5, 0.6) is 0 Å². The maximum Gasteiger partial charge on any atom is 0.407 e. The Bertz CT molecular complexity index is 816. The van der Waals surface area contributed by atoms with Crippen molar-refractivity contribution in [1.82, 2.24) is 14.6 Å². The molecule has 2 N–H and O–H groups in total. The lowest BCUT2D eigenvalue weighted by Crippen LogP contribution is -2.50. The van der Waals surface area contributed by atoms with E-state index in [0.29, 0.717) is 19.7 Å². The molecule has 0 saturated carbocycles. The Hall–Kier alpha value is -1.39. The molecule has 0 radical (unpaired) electrons. The quantitative estimate of drug-likeness (QED) is 0.641. The number of carbonyl (C=O) groups is 1. The van der Waals surface area contributed by atoms with Gasteiger partial charge in [0, 0.05) is 48.4 Å². The van der Waals surface area contributed by atoms with Crippen LogP contribution in [-0.4, -0.2) is 56.4 Å². The van der Waals surface area contributed by atoms with Crippen LogP contribution in [0, 0.1) is 5.41 Å². The van der Waals surface area contributed by atoms with Crippen molar-refractivity contribution in [3.63, 3.8) is 0 Å². The normalized spacial score (nSPS) is 26.2. The summed E-state index contributed by atoms with van der Waals surface area (Å²) in [5.41, 5.74) is 2.87. The first kappa shape index (κ1) is 23.8. The first-order valence-corrected chi connectivity index (χ1v) is 12.7. The van der Waals surface area contributed by atoms with Gasteiger partial charge in [-0.2, -0.15) is 0 Å². The largest absolute Gasteiger partial charge is 0.598 e. The van der Waals surface area contributed by atoms with E-state index in [9.17, 15) is 14.5 Å². The molecule has 178 valence electrons. The van der Waals surface area contributed by atoms with Crippen molar-refractivity contribution < 1.29 is 23.9 Å². The minimum absolute atomic E-state index is 0.133. The number of nitrogens with one attached hydrogen (secondary N) is 1. The Balaban J connectivity index is 1.55. The number of ether oxygens (including phenoxy) is 2. The molecule has 0 aromatic carbocycles. The highest BCUT2D eigenvalue weighted by molar-refractivity contribution is 7.90. The van der Waals surface area contributed by atoms with Gasteiger partial charge in [0.1, 0.15) is 4.75 Å². The highest BCUT2D eigenvalue weighted by Crippen LogP contribution is 2.52. The second kappa shape index (κ2) is 9.46. The minimum Gasteiger partial charge on any atom is -0.598 e. The topological polar surface area (TPSA) is 107 Å². The standard InChI is InChI=1S/C23H35N3O5S/c1-22(2,3)32(29)25-20-17-12-16(15-31-19-6-4-5-11-30-19)14-24-18(17)13-23(20)7-9-26(10-8-23)21(27)28/h12,14,19-20,25H,4-11,13,15H2,1-3H3,(H,27,28)/t19-,20-,32?/m1/s1. The lowest BCUT2D eigenvalue weighted by molar-refractivity contribution is -0.168. The molecule has 2 aliphatic heterocycles. The molecule has 3 aliphatic rings. The van der Waals surface area contributed by atoms with Crippen LogP contribution < -0.4 is 4.72 Å². The monoisotopic (exact) mass is 465 g/mol. The van der Waals surface area contributed by atoms with Crippen LogP contribution in [0.4, 0.5) is 4.79 Å². The summed E-state index contributed by atoms with van der Waals surface area (Å²) in [4.78, 5) is 17.7. The molecular formula is C23H35N3O5S. The number of carboxylic acid groups (broad SMARTS) is 1. The van der Waals surface area contributed by atoms with Crippen molar-refractivity contribution in [2.45, 2.75) is 83.0 Å². The van der Waals surface area contributed by atoms with Gasteiger partial charge in [0.25, 0.3) is 0 Å². The average Bonchev–Trinajstić information content (AvgIpc) is 3.04. The third kappa shape index (κ3) is 5.07. The predicted octanol–water partition coefficient (Wildman–Crippen LogP) is 3.53. The van der Waals surface area contributed by atoms with Gasteiger partial charge in [-0.1, -0.05) is 0 Å². The number of likely N-dealkylation sites (tertiary alicyclic amines) is 1. The minimum atomic E-state index is -1.25. The maximum atomic E-state index is 13.1. The van der Waals surface area contributed by atoms with Crippen molar-refractivity contribution in [3.05, 3.63) is 29.1 Å². The van der Waals surface area contributed by atoms with E-state index >= 15 is 0 Å². The van der Waals surface area contributed by atoms with Crippen LogP contribution in [0.15, 0.2) is 12.3 Å². The molecule has 1 amide bonds. The Kier molecular flexibility index (Phi) is 7.03. The van der Waals surface area contributed by atoms with E-state index in [2.05, 4.69) is 10.8 Å². The molecule has 0 bridgehead atoms. The zero-order chi connectivity index (χ0) is 22.9. The number of rotatable bonds is 5. The van der Waals surface area contributed by atoms with Gasteiger partial charge in [-0.05, 0) is 76.5 Å². The summed E-state index contributed by atoms with van der Waals surface area (Å²) in [6.07, 6.45) is 6.15. The number of pyridine rings is 1. The molecule has 4 rings (SSSR count). The number of fused-ring (bicyclic) bond motifs is 1. The summed E-state index contributed by atoms with van der Waals surface area (Å²) in [5, 5.41) is 9.39. The number of hydrogen-bond donors (Lipinski definition) is 2. The highest BCUT2D eigenvalue weighted by atomic mass is 32.2. The fourth-order valence-electron chi connectivity index (χ4n) is 4.91. The van der Waals surface area contributed by atoms with E-state index in [4.69, 9.17) is 14.5 Å². The van der Waals surface area contributed by atoms with Gasteiger partial charge >= 0.3 is 6.09 Å². The van der Waals surface area contributed by atoms with Gasteiger partial charge in [0.15, 0.2) is 6.29 Å². The van der Waals surface area contributed by atoms with Crippen molar-refractivity contribution in [2.75, 3.05) is 19.7 Å². The molecule has 1 unspecified atom stereocenters. The lowest BCUT2D eigenvalue weighted by atomic mass is 9.73. The zero-order valence-electron chi connectivity index (χ0n) is 19.3. The van der Waals surface area contributed by atoms with Crippen LogP contribution in [0.3, 0.4) is 0 Å². The zero-order valence-corrected chi connectivity index (χ0v) is 20.1. The molecular weight excluding hydrogens is 430 g/mol. The van der Waals surface area contributed by atoms with Gasteiger partial charge in [0.05, 0.1) is 12.6 Å². The van der Waals surface area contributed by atoms with Crippen molar-refractivity contribution in [3.8, 4) is 0 Å². The smallest absolute Gasteiger partial charge is 0.407 e. The molecule has 2 fully saturated rings. The summed E-state index contributed by atoms with van der Waals surface area (Å²) in [7, 11) is 0. The van der Waals surface area contributed by atoms with Gasteiger partial charge < -0.3 is 24.0 Å². The fourth-order valence-corrected chi connectivity index (χ4v) is 5.86. The fraction of sp³-hybridized carbons (Fsp3) is 0.739. The van der Waals surface area contributed by atoms with Crippen LogP contribution in [0.25, 0.3) is 0 Å². The Labute approximate surface area is 193 Å². The first-order valence-electron chi connectivity index (χ1n) is 11.5. The van der Waals surface area contributed by atoms with E-state index in [1.54, 1.807) is 0 Å². The molecule has 3 atom stereocenters. The Morgan fingerprint density at radius 1 is 1.41 bits per heavy atom. The van der Waals surface area contributed by atoms with E-state index < -0.39 is 22.2 Å². The van der Waals surface area contributed by atoms with Crippen molar-refractivity contribution >= 4 is 17.5 Å². The molecule has 9 heteroatoms. The van der Waals surface area contributed by atoms with Gasteiger partial charge in [0.2, 0.25) is 0 Å². The van der Waals surface area contributed by atoms with E-state index in [-0.39, 0.29) is 17.7 Å². The first-order chi connectivity index (χ1) is 15.2. The summed E-state index contributed by atoms with van der Waals surface area (Å²) < 4.78 is 27.7. The predicted molar refractivity (Wildman–Crippen MR) is 121 cm³/mol. The Morgan fingerprint density at radius 2 is 2.16 bits per heavy atom. The van der Waals surface area contributed by atoms with Crippen molar-refractivity contribution in [1.29, 1.82) is 0 Å². The molecule has 1 spiro atoms. The van der Waals surface area contributed by atoms with E-state index in [0.717, 1.165) is 62.0 Å². The van der Waals surface area contributed by atoms with E-state index in [1.165, 1.54) is 4.90 Å². The van der Waals surface area contributed by atoms with Crippen LogP contribution in [0.2, 0.25) is 0 Å². The summed E-state index contributed by atoms with van der Waals surface area (Å²) in [6.45, 7) is 8.01. The highest BCUT2D eigenvalue weighted by Gasteiger charge is 2.51. The summed E-state index contributed by atoms with van der Waals surface area (Å²) in [6, 6.07) is 1.99. The third-order valence-corrected chi connectivity index (χ3v) is 8.45. The summed E-state index contributed by atoms with van der Waals surface area (Å²) in [5.74, 6) is 0. The van der Waals surface area contributed by atoms with Crippen LogP contribution in [-0.2, 0) is 33.9 Å². The maximum absolute atomic E-state index is 13.1. The molecule has 3 heterocycles. The molecule has 1 aromatic heterocycles. The second-order valence-corrected chi connectivity index (χ2v) is 12.2. The van der Waals surface area contributed by atoms with Gasteiger partial charge in [-0.15, -0.1) is 4.72 Å². The van der Waals surface area contributed by atoms with Crippen molar-refractivity contribution in [2.24, 2.45) is 5.41 Å². The number of hydrogen-bond acceptors (Lipinski definition) is 6. The molecule has 32 heavy (non-hydrogen) atoms. The van der Waals surface area contributed by atoms with Crippen LogP contribution in [0.1, 0.15) is 75.7 Å².